The average Bonchev–Trinajstić information content (AvgIpc) is 2.55. The first-order valence-electron chi connectivity index (χ1n) is 7.67. The summed E-state index contributed by atoms with van der Waals surface area (Å²) in [5, 5.41) is 8.09. The van der Waals surface area contributed by atoms with Crippen LogP contribution < -0.4 is 16.6 Å². The Kier molecular flexibility index (Phi) is 7.71. The SMILES string of the molecule is CCCCCn1nc(C(=O)NCCN)c2ccccc2c1=O.Cl. The maximum absolute atomic E-state index is 12.5. The maximum atomic E-state index is 12.5. The number of rotatable bonds is 7. The molecule has 0 bridgehead atoms. The number of nitrogens with two attached hydrogens (primary N) is 1. The number of benzene rings is 1. The zero-order valence-corrected chi connectivity index (χ0v) is 14.1. The molecule has 0 atom stereocenters. The van der Waals surface area contributed by atoms with Gasteiger partial charge in [0.2, 0.25) is 0 Å². The van der Waals surface area contributed by atoms with Crippen LogP contribution >= 0.6 is 12.4 Å². The zero-order chi connectivity index (χ0) is 15.9. The Hall–Kier alpha value is -1.92. The first kappa shape index (κ1) is 19.1. The van der Waals surface area contributed by atoms with Crippen molar-refractivity contribution in [3.05, 3.63) is 40.3 Å². The van der Waals surface area contributed by atoms with Crippen LogP contribution in [0.25, 0.3) is 10.8 Å². The van der Waals surface area contributed by atoms with Crippen LogP contribution in [-0.2, 0) is 6.54 Å². The second-order valence-corrected chi connectivity index (χ2v) is 5.17. The van der Waals surface area contributed by atoms with Gasteiger partial charge < -0.3 is 11.1 Å². The molecule has 1 amide bonds. The number of hydrogen-bond donors (Lipinski definition) is 2. The van der Waals surface area contributed by atoms with Gasteiger partial charge in [0.15, 0.2) is 5.69 Å². The quantitative estimate of drug-likeness (QED) is 0.752. The summed E-state index contributed by atoms with van der Waals surface area (Å²) < 4.78 is 1.40. The van der Waals surface area contributed by atoms with Gasteiger partial charge in [-0.05, 0) is 12.5 Å². The molecule has 1 aromatic carbocycles. The number of hydrogen-bond acceptors (Lipinski definition) is 4. The van der Waals surface area contributed by atoms with E-state index >= 15 is 0 Å². The van der Waals surface area contributed by atoms with E-state index in [2.05, 4.69) is 17.3 Å². The lowest BCUT2D eigenvalue weighted by Crippen LogP contribution is -2.33. The second kappa shape index (κ2) is 9.27. The number of unbranched alkanes of at least 4 members (excludes halogenated alkanes) is 2. The number of nitrogens with zero attached hydrogens (tertiary/aromatic N) is 2. The van der Waals surface area contributed by atoms with Crippen LogP contribution in [-0.4, -0.2) is 28.8 Å². The molecule has 0 aliphatic heterocycles. The third kappa shape index (κ3) is 4.53. The molecule has 0 spiro atoms. The van der Waals surface area contributed by atoms with Gasteiger partial charge in [-0.1, -0.05) is 38.0 Å². The molecule has 0 unspecified atom stereocenters. The van der Waals surface area contributed by atoms with Gasteiger partial charge in [-0.15, -0.1) is 12.4 Å². The molecule has 126 valence electrons. The predicted molar refractivity (Wildman–Crippen MR) is 94.2 cm³/mol. The summed E-state index contributed by atoms with van der Waals surface area (Å²) in [6.45, 7) is 3.36. The fourth-order valence-corrected chi connectivity index (χ4v) is 2.34. The number of halogens is 1. The Balaban J connectivity index is 0.00000264. The molecule has 1 heterocycles. The third-order valence-corrected chi connectivity index (χ3v) is 3.49. The predicted octanol–water partition coefficient (Wildman–Crippen LogP) is 1.70. The number of amides is 1. The van der Waals surface area contributed by atoms with Crippen molar-refractivity contribution in [3.63, 3.8) is 0 Å². The van der Waals surface area contributed by atoms with E-state index < -0.39 is 0 Å². The van der Waals surface area contributed by atoms with Gasteiger partial charge >= 0.3 is 0 Å². The Bertz CT molecular complexity index is 715. The molecule has 0 fully saturated rings. The van der Waals surface area contributed by atoms with E-state index in [0.29, 0.717) is 30.4 Å². The number of nitrogens with one attached hydrogen (secondary N) is 1. The molecular formula is C16H23ClN4O2. The Morgan fingerprint density at radius 1 is 1.26 bits per heavy atom. The summed E-state index contributed by atoms with van der Waals surface area (Å²) in [5.74, 6) is -0.300. The van der Waals surface area contributed by atoms with Gasteiger partial charge in [0.1, 0.15) is 0 Å². The van der Waals surface area contributed by atoms with E-state index in [1.165, 1.54) is 4.68 Å². The number of aryl methyl sites for hydroxylation is 1. The molecule has 1 aromatic heterocycles. The lowest BCUT2D eigenvalue weighted by molar-refractivity contribution is 0.0949. The molecule has 3 N–H and O–H groups in total. The van der Waals surface area contributed by atoms with Gasteiger partial charge in [-0.25, -0.2) is 4.68 Å². The number of fused-ring (bicyclic) bond motifs is 1. The van der Waals surface area contributed by atoms with Crippen molar-refractivity contribution in [2.24, 2.45) is 5.73 Å². The second-order valence-electron chi connectivity index (χ2n) is 5.17. The van der Waals surface area contributed by atoms with E-state index in [9.17, 15) is 9.59 Å². The molecular weight excluding hydrogens is 316 g/mol. The van der Waals surface area contributed by atoms with Crippen molar-refractivity contribution >= 4 is 29.1 Å². The first-order chi connectivity index (χ1) is 10.7. The Morgan fingerprint density at radius 3 is 2.61 bits per heavy atom. The summed E-state index contributed by atoms with van der Waals surface area (Å²) in [6.07, 6.45) is 2.95. The van der Waals surface area contributed by atoms with Crippen LogP contribution in [0, 0.1) is 0 Å². The molecule has 0 radical (unpaired) electrons. The highest BCUT2D eigenvalue weighted by Gasteiger charge is 2.15. The summed E-state index contributed by atoms with van der Waals surface area (Å²) >= 11 is 0. The molecule has 2 aromatic rings. The van der Waals surface area contributed by atoms with E-state index in [-0.39, 0.29) is 29.6 Å². The minimum atomic E-state index is -0.300. The van der Waals surface area contributed by atoms with Gasteiger partial charge in [-0.2, -0.15) is 5.10 Å². The van der Waals surface area contributed by atoms with Crippen LogP contribution in [0.2, 0.25) is 0 Å². The molecule has 0 aliphatic rings. The summed E-state index contributed by atoms with van der Waals surface area (Å²) in [4.78, 5) is 24.7. The molecule has 23 heavy (non-hydrogen) atoms. The van der Waals surface area contributed by atoms with Gasteiger partial charge in [-0.3, -0.25) is 9.59 Å². The molecule has 0 saturated carbocycles. The summed E-state index contributed by atoms with van der Waals surface area (Å²) in [7, 11) is 0. The molecule has 0 aliphatic carbocycles. The van der Waals surface area contributed by atoms with Crippen molar-refractivity contribution in [2.45, 2.75) is 32.7 Å². The fraction of sp³-hybridized carbons (Fsp3) is 0.438. The number of carbonyl (C=O) groups excluding carboxylic acids is 1. The summed E-state index contributed by atoms with van der Waals surface area (Å²) in [6, 6.07) is 7.07. The highest BCUT2D eigenvalue weighted by Crippen LogP contribution is 2.13. The lowest BCUT2D eigenvalue weighted by atomic mass is 10.1. The number of aromatic nitrogens is 2. The molecule has 6 nitrogen and oxygen atoms in total. The Morgan fingerprint density at radius 2 is 1.96 bits per heavy atom. The van der Waals surface area contributed by atoms with Crippen LogP contribution in [0.3, 0.4) is 0 Å². The zero-order valence-electron chi connectivity index (χ0n) is 13.2. The first-order valence-corrected chi connectivity index (χ1v) is 7.67. The van der Waals surface area contributed by atoms with Crippen molar-refractivity contribution < 1.29 is 4.79 Å². The minimum absolute atomic E-state index is 0. The summed E-state index contributed by atoms with van der Waals surface area (Å²) in [5.41, 5.74) is 5.54. The largest absolute Gasteiger partial charge is 0.349 e. The normalized spacial score (nSPS) is 10.3. The van der Waals surface area contributed by atoms with Crippen molar-refractivity contribution in [1.29, 1.82) is 0 Å². The van der Waals surface area contributed by atoms with Crippen molar-refractivity contribution in [2.75, 3.05) is 13.1 Å². The van der Waals surface area contributed by atoms with Crippen LogP contribution in [0.5, 0.6) is 0 Å². The van der Waals surface area contributed by atoms with E-state index in [1.807, 2.05) is 0 Å². The third-order valence-electron chi connectivity index (χ3n) is 3.49. The number of carbonyl (C=O) groups is 1. The Labute approximate surface area is 141 Å². The van der Waals surface area contributed by atoms with Crippen LogP contribution in [0.15, 0.2) is 29.1 Å². The highest BCUT2D eigenvalue weighted by atomic mass is 35.5. The highest BCUT2D eigenvalue weighted by molar-refractivity contribution is 6.04. The molecule has 2 rings (SSSR count). The lowest BCUT2D eigenvalue weighted by Gasteiger charge is -2.11. The average molecular weight is 339 g/mol. The fourth-order valence-electron chi connectivity index (χ4n) is 2.34. The van der Waals surface area contributed by atoms with E-state index in [4.69, 9.17) is 5.73 Å². The van der Waals surface area contributed by atoms with Gasteiger partial charge in [0, 0.05) is 25.0 Å². The van der Waals surface area contributed by atoms with Crippen molar-refractivity contribution in [3.8, 4) is 0 Å². The molecule has 0 saturated heterocycles. The van der Waals surface area contributed by atoms with Crippen LogP contribution in [0.1, 0.15) is 36.7 Å². The monoisotopic (exact) mass is 338 g/mol. The van der Waals surface area contributed by atoms with Gasteiger partial charge in [0.05, 0.1) is 5.39 Å². The van der Waals surface area contributed by atoms with Crippen molar-refractivity contribution in [1.82, 2.24) is 15.1 Å². The van der Waals surface area contributed by atoms with E-state index in [0.717, 1.165) is 19.3 Å². The van der Waals surface area contributed by atoms with E-state index in [1.54, 1.807) is 24.3 Å². The smallest absolute Gasteiger partial charge is 0.274 e. The van der Waals surface area contributed by atoms with Gasteiger partial charge in [0.25, 0.3) is 11.5 Å². The topological polar surface area (TPSA) is 90.0 Å². The maximum Gasteiger partial charge on any atom is 0.274 e. The minimum Gasteiger partial charge on any atom is -0.349 e. The standard InChI is InChI=1S/C16H22N4O2.ClH/c1-2-3-6-11-20-16(22)13-8-5-4-7-12(13)14(19-20)15(21)18-10-9-17;/h4-5,7-8H,2-3,6,9-11,17H2,1H3,(H,18,21);1H. The molecule has 7 heteroatoms. The van der Waals surface area contributed by atoms with Crippen LogP contribution in [0.4, 0.5) is 0 Å².